The van der Waals surface area contributed by atoms with Gasteiger partial charge in [-0.15, -0.1) is 0 Å². The van der Waals surface area contributed by atoms with Crippen molar-refractivity contribution in [3.05, 3.63) is 72.4 Å². The molecule has 1 fully saturated rings. The maximum Gasteiger partial charge on any atom is 0.229 e. The predicted molar refractivity (Wildman–Crippen MR) is 112 cm³/mol. The van der Waals surface area contributed by atoms with Crippen LogP contribution in [0.25, 0.3) is 10.9 Å². The van der Waals surface area contributed by atoms with E-state index in [1.807, 2.05) is 60.7 Å². The number of rotatable bonds is 4. The van der Waals surface area contributed by atoms with E-state index in [1.165, 1.54) is 0 Å². The van der Waals surface area contributed by atoms with Gasteiger partial charge in [0.15, 0.2) is 3.79 Å². The molecule has 1 aliphatic heterocycles. The van der Waals surface area contributed by atoms with Crippen molar-refractivity contribution in [3.63, 3.8) is 0 Å². The molecule has 1 aliphatic rings. The molecule has 0 radical (unpaired) electrons. The van der Waals surface area contributed by atoms with Crippen molar-refractivity contribution in [3.8, 4) is 0 Å². The second-order valence-corrected chi connectivity index (χ2v) is 9.09. The Kier molecular flexibility index (Phi) is 5.02. The van der Waals surface area contributed by atoms with E-state index in [9.17, 15) is 4.79 Å². The van der Waals surface area contributed by atoms with Crippen molar-refractivity contribution in [2.45, 2.75) is 22.7 Å². The third-order valence-electron chi connectivity index (χ3n) is 5.04. The lowest BCUT2D eigenvalue weighted by atomic mass is 9.84. The number of aromatic nitrogens is 1. The van der Waals surface area contributed by atoms with E-state index in [0.717, 1.165) is 22.2 Å². The molecule has 3 nitrogen and oxygen atoms in total. The van der Waals surface area contributed by atoms with E-state index in [4.69, 9.17) is 34.8 Å². The fourth-order valence-corrected chi connectivity index (χ4v) is 4.36. The Labute approximate surface area is 172 Å². The van der Waals surface area contributed by atoms with Gasteiger partial charge in [0.1, 0.15) is 0 Å². The Bertz CT molecular complexity index is 967. The molecule has 138 valence electrons. The van der Waals surface area contributed by atoms with Gasteiger partial charge in [-0.1, -0.05) is 83.3 Å². The normalized spacial score (nSPS) is 18.4. The molecule has 0 aliphatic carbocycles. The number of hydrogen-bond acceptors (Lipinski definition) is 2. The second-order valence-electron chi connectivity index (χ2n) is 6.73. The number of carbonyl (C=O) groups is 1. The summed E-state index contributed by atoms with van der Waals surface area (Å²) in [7, 11) is 0. The van der Waals surface area contributed by atoms with Gasteiger partial charge in [0.2, 0.25) is 5.91 Å². The summed E-state index contributed by atoms with van der Waals surface area (Å²) in [6.07, 6.45) is 2.65. The van der Waals surface area contributed by atoms with Crippen LogP contribution >= 0.6 is 34.8 Å². The molecule has 2 heterocycles. The number of fused-ring (bicyclic) bond motifs is 1. The molecule has 0 bridgehead atoms. The van der Waals surface area contributed by atoms with E-state index >= 15 is 0 Å². The number of benzene rings is 2. The number of pyridine rings is 1. The molecular weight excluding hydrogens is 403 g/mol. The molecule has 27 heavy (non-hydrogen) atoms. The summed E-state index contributed by atoms with van der Waals surface area (Å²) < 4.78 is -1.49. The second kappa shape index (κ2) is 7.31. The first-order chi connectivity index (χ1) is 12.9. The molecule has 3 aromatic rings. The fraction of sp³-hybridized carbons (Fsp3) is 0.238. The van der Waals surface area contributed by atoms with Crippen molar-refractivity contribution in [1.82, 2.24) is 4.98 Å². The summed E-state index contributed by atoms with van der Waals surface area (Å²) in [6, 6.07) is 19.3. The molecule has 0 spiro atoms. The lowest BCUT2D eigenvalue weighted by Gasteiger charge is -2.47. The van der Waals surface area contributed by atoms with Crippen LogP contribution in [0.2, 0.25) is 0 Å². The van der Waals surface area contributed by atoms with Gasteiger partial charge in [-0.2, -0.15) is 0 Å². The highest BCUT2D eigenvalue weighted by atomic mass is 35.6. The van der Waals surface area contributed by atoms with Crippen LogP contribution in [0.3, 0.4) is 0 Å². The molecule has 0 saturated carbocycles. The first-order valence-corrected chi connectivity index (χ1v) is 9.85. The predicted octanol–water partition coefficient (Wildman–Crippen LogP) is 5.57. The zero-order chi connectivity index (χ0) is 19.0. The van der Waals surface area contributed by atoms with Crippen LogP contribution in [0.15, 0.2) is 66.9 Å². The highest BCUT2D eigenvalue weighted by Crippen LogP contribution is 2.46. The maximum atomic E-state index is 12.5. The zero-order valence-corrected chi connectivity index (χ0v) is 16.6. The van der Waals surface area contributed by atoms with Gasteiger partial charge in [0.05, 0.1) is 17.2 Å². The molecule has 1 amide bonds. The van der Waals surface area contributed by atoms with Gasteiger partial charge < -0.3 is 4.90 Å². The molecule has 1 aromatic heterocycles. The van der Waals surface area contributed by atoms with Crippen LogP contribution in [0.1, 0.15) is 12.0 Å². The number of alkyl halides is 3. The summed E-state index contributed by atoms with van der Waals surface area (Å²) in [5.74, 6) is -0.313. The number of anilines is 1. The largest absolute Gasteiger partial charge is 0.306 e. The third-order valence-corrected chi connectivity index (χ3v) is 5.88. The van der Waals surface area contributed by atoms with E-state index in [1.54, 1.807) is 11.1 Å². The average Bonchev–Trinajstić information content (AvgIpc) is 2.65. The molecule has 2 unspecified atom stereocenters. The minimum Gasteiger partial charge on any atom is -0.306 e. The molecule has 4 rings (SSSR count). The summed E-state index contributed by atoms with van der Waals surface area (Å²) in [5, 5.41) is 0.974. The molecule has 0 N–H and O–H groups in total. The minimum atomic E-state index is -1.49. The Morgan fingerprint density at radius 3 is 2.48 bits per heavy atom. The molecule has 1 saturated heterocycles. The highest BCUT2D eigenvalue weighted by Gasteiger charge is 2.49. The monoisotopic (exact) mass is 418 g/mol. The number of β-lactam (4-membered cyclic amide) rings is 1. The van der Waals surface area contributed by atoms with Crippen LogP contribution in [0, 0.1) is 5.92 Å². The van der Waals surface area contributed by atoms with Crippen molar-refractivity contribution in [1.29, 1.82) is 0 Å². The van der Waals surface area contributed by atoms with Crippen molar-refractivity contribution < 1.29 is 4.79 Å². The molecule has 6 heteroatoms. The molecular formula is C21H17Cl3N2O. The third kappa shape index (κ3) is 3.64. The summed E-state index contributed by atoms with van der Waals surface area (Å²) >= 11 is 19.1. The van der Waals surface area contributed by atoms with Gasteiger partial charge in [-0.25, -0.2) is 0 Å². The molecule has 2 atom stereocenters. The number of halogens is 3. The minimum absolute atomic E-state index is 0.0189. The Hall–Kier alpha value is -1.81. The van der Waals surface area contributed by atoms with E-state index in [0.29, 0.717) is 12.8 Å². The quantitative estimate of drug-likeness (QED) is 0.409. The maximum absolute atomic E-state index is 12.5. The number of carbonyl (C=O) groups excluding carboxylic acids is 1. The van der Waals surface area contributed by atoms with E-state index in [2.05, 4.69) is 4.98 Å². The van der Waals surface area contributed by atoms with Crippen LogP contribution in [-0.2, 0) is 11.2 Å². The van der Waals surface area contributed by atoms with Gasteiger partial charge >= 0.3 is 0 Å². The Morgan fingerprint density at radius 2 is 1.78 bits per heavy atom. The Balaban J connectivity index is 1.72. The number of hydrogen-bond donors (Lipinski definition) is 0. The topological polar surface area (TPSA) is 33.2 Å². The van der Waals surface area contributed by atoms with Crippen molar-refractivity contribution in [2.24, 2.45) is 5.92 Å². The van der Waals surface area contributed by atoms with Gasteiger partial charge in [-0.3, -0.25) is 9.78 Å². The Morgan fingerprint density at radius 1 is 1.04 bits per heavy atom. The van der Waals surface area contributed by atoms with Crippen LogP contribution in [-0.4, -0.2) is 20.7 Å². The van der Waals surface area contributed by atoms with E-state index < -0.39 is 3.79 Å². The van der Waals surface area contributed by atoms with E-state index in [-0.39, 0.29) is 17.9 Å². The van der Waals surface area contributed by atoms with Gasteiger partial charge in [-0.05, 0) is 24.1 Å². The lowest BCUT2D eigenvalue weighted by Crippen LogP contribution is -2.59. The first-order valence-electron chi connectivity index (χ1n) is 8.71. The van der Waals surface area contributed by atoms with Crippen LogP contribution < -0.4 is 4.90 Å². The highest BCUT2D eigenvalue weighted by molar-refractivity contribution is 6.67. The van der Waals surface area contributed by atoms with Gasteiger partial charge in [0, 0.05) is 23.9 Å². The SMILES string of the molecule is O=C1CC(C(Cc2ccccc2)C(Cl)(Cl)Cl)N1c1cccc2cccnc12. The standard InChI is InChI=1S/C21H17Cl3N2O/c22-21(23,24)16(12-14-6-2-1-3-7-14)18-13-19(27)26(18)17-10-4-8-15-9-5-11-25-20(15)17/h1-11,16,18H,12-13H2. The number of para-hydroxylation sites is 1. The zero-order valence-electron chi connectivity index (χ0n) is 14.4. The lowest BCUT2D eigenvalue weighted by molar-refractivity contribution is -0.125. The van der Waals surface area contributed by atoms with Crippen molar-refractivity contribution in [2.75, 3.05) is 4.90 Å². The van der Waals surface area contributed by atoms with Crippen LogP contribution in [0.5, 0.6) is 0 Å². The number of amides is 1. The number of nitrogens with zero attached hydrogens (tertiary/aromatic N) is 2. The molecule has 2 aromatic carbocycles. The van der Waals surface area contributed by atoms with Crippen LogP contribution in [0.4, 0.5) is 5.69 Å². The smallest absolute Gasteiger partial charge is 0.229 e. The average molecular weight is 420 g/mol. The summed E-state index contributed by atoms with van der Waals surface area (Å²) in [5.41, 5.74) is 2.62. The fourth-order valence-electron chi connectivity index (χ4n) is 3.70. The summed E-state index contributed by atoms with van der Waals surface area (Å²) in [6.45, 7) is 0. The summed E-state index contributed by atoms with van der Waals surface area (Å²) in [4.78, 5) is 18.7. The first kappa shape index (κ1) is 18.5. The van der Waals surface area contributed by atoms with Gasteiger partial charge in [0.25, 0.3) is 0 Å². The van der Waals surface area contributed by atoms with Crippen molar-refractivity contribution >= 4 is 57.3 Å².